The Hall–Kier alpha value is -3.97. The van der Waals surface area contributed by atoms with Crippen molar-refractivity contribution in [2.75, 3.05) is 0 Å². The van der Waals surface area contributed by atoms with Crippen molar-refractivity contribution in [3.63, 3.8) is 0 Å². The molecule has 1 fully saturated rings. The van der Waals surface area contributed by atoms with Gasteiger partial charge in [-0.15, -0.1) is 11.3 Å². The standard InChI is InChI=1S/C29H25N5OS/c1-2-6-20(7-3-1)35-21-12-18(15-30-17-21)19-13-24-28(33-34-29(24)31-16-19)26-14-23-22(27-10-5-11-36-27)8-4-9-25(23)32-26/h4-5,8-17,20,32H,1-3,6-7H2,(H,31,33,34). The Morgan fingerprint density at radius 3 is 2.69 bits per heavy atom. The Bertz CT molecular complexity index is 1660. The molecule has 0 amide bonds. The topological polar surface area (TPSA) is 79.5 Å². The Morgan fingerprint density at radius 1 is 0.889 bits per heavy atom. The number of aromatic nitrogens is 5. The SMILES string of the molecule is c1csc(-c2cccc3[nH]c(-c4[nH]nc5ncc(-c6cncc(OC7CCCCC7)c6)cc45)cc23)c1. The summed E-state index contributed by atoms with van der Waals surface area (Å²) in [6, 6.07) is 17.0. The van der Waals surface area contributed by atoms with Crippen LogP contribution in [0.3, 0.4) is 0 Å². The number of ether oxygens (including phenoxy) is 1. The van der Waals surface area contributed by atoms with Gasteiger partial charge in [0.25, 0.3) is 0 Å². The number of H-pyrrole nitrogens is 2. The molecule has 178 valence electrons. The quantitative estimate of drug-likeness (QED) is 0.260. The van der Waals surface area contributed by atoms with Crippen LogP contribution in [-0.2, 0) is 0 Å². The van der Waals surface area contributed by atoms with Crippen molar-refractivity contribution in [3.8, 4) is 38.7 Å². The number of benzene rings is 1. The van der Waals surface area contributed by atoms with Crippen molar-refractivity contribution in [2.24, 2.45) is 0 Å². The van der Waals surface area contributed by atoms with Gasteiger partial charge in [-0.25, -0.2) is 4.98 Å². The zero-order valence-electron chi connectivity index (χ0n) is 19.7. The summed E-state index contributed by atoms with van der Waals surface area (Å²) in [5.74, 6) is 0.823. The molecule has 6 nitrogen and oxygen atoms in total. The molecule has 0 spiro atoms. The molecule has 1 aliphatic carbocycles. The molecule has 2 N–H and O–H groups in total. The molecule has 0 unspecified atom stereocenters. The summed E-state index contributed by atoms with van der Waals surface area (Å²) in [5.41, 5.74) is 6.91. The third-order valence-electron chi connectivity index (χ3n) is 7.03. The van der Waals surface area contributed by atoms with Crippen LogP contribution in [0.2, 0.25) is 0 Å². The lowest BCUT2D eigenvalue weighted by atomic mass is 9.98. The van der Waals surface area contributed by atoms with Crippen LogP contribution in [0.4, 0.5) is 0 Å². The fraction of sp³-hybridized carbons (Fsp3) is 0.207. The van der Waals surface area contributed by atoms with Gasteiger partial charge in [-0.2, -0.15) is 5.10 Å². The largest absolute Gasteiger partial charge is 0.489 e. The first kappa shape index (κ1) is 21.3. The van der Waals surface area contributed by atoms with Gasteiger partial charge in [-0.05, 0) is 61.4 Å². The van der Waals surface area contributed by atoms with Gasteiger partial charge in [-0.3, -0.25) is 10.1 Å². The number of aromatic amines is 2. The normalized spacial score (nSPS) is 14.6. The molecule has 0 aliphatic heterocycles. The van der Waals surface area contributed by atoms with E-state index < -0.39 is 0 Å². The third-order valence-corrected chi connectivity index (χ3v) is 7.93. The highest BCUT2D eigenvalue weighted by atomic mass is 32.1. The number of thiophene rings is 1. The Kier molecular flexibility index (Phi) is 5.28. The first-order valence-corrected chi connectivity index (χ1v) is 13.3. The summed E-state index contributed by atoms with van der Waals surface area (Å²) < 4.78 is 6.25. The third kappa shape index (κ3) is 3.85. The summed E-state index contributed by atoms with van der Waals surface area (Å²) in [6.07, 6.45) is 11.8. The molecule has 1 saturated carbocycles. The van der Waals surface area contributed by atoms with Gasteiger partial charge in [0, 0.05) is 50.3 Å². The van der Waals surface area contributed by atoms with Crippen LogP contribution in [0, 0.1) is 0 Å². The molecule has 0 saturated heterocycles. The first-order chi connectivity index (χ1) is 17.8. The maximum atomic E-state index is 6.25. The smallest absolute Gasteiger partial charge is 0.181 e. The summed E-state index contributed by atoms with van der Waals surface area (Å²) in [4.78, 5) is 13.9. The van der Waals surface area contributed by atoms with Crippen LogP contribution < -0.4 is 4.74 Å². The number of hydrogen-bond donors (Lipinski definition) is 2. The molecular weight excluding hydrogens is 466 g/mol. The van der Waals surface area contributed by atoms with Crippen LogP contribution in [0.5, 0.6) is 5.75 Å². The molecule has 0 bridgehead atoms. The van der Waals surface area contributed by atoms with E-state index in [1.54, 1.807) is 11.3 Å². The van der Waals surface area contributed by atoms with Crippen LogP contribution in [0.25, 0.3) is 54.9 Å². The van der Waals surface area contributed by atoms with Crippen molar-refractivity contribution < 1.29 is 4.74 Å². The summed E-state index contributed by atoms with van der Waals surface area (Å²) >= 11 is 1.75. The number of pyridine rings is 2. The minimum atomic E-state index is 0.290. The van der Waals surface area contributed by atoms with Crippen LogP contribution >= 0.6 is 11.3 Å². The molecule has 1 aromatic carbocycles. The van der Waals surface area contributed by atoms with E-state index in [0.29, 0.717) is 5.65 Å². The molecular formula is C29H25N5OS. The van der Waals surface area contributed by atoms with E-state index in [4.69, 9.17) is 4.74 Å². The van der Waals surface area contributed by atoms with Gasteiger partial charge in [0.15, 0.2) is 5.65 Å². The molecule has 5 heterocycles. The monoisotopic (exact) mass is 491 g/mol. The lowest BCUT2D eigenvalue weighted by molar-refractivity contribution is 0.154. The predicted octanol–water partition coefficient (Wildman–Crippen LogP) is 7.61. The fourth-order valence-corrected chi connectivity index (χ4v) is 5.98. The number of hydrogen-bond acceptors (Lipinski definition) is 5. The summed E-state index contributed by atoms with van der Waals surface area (Å²) in [5, 5.41) is 12.0. The van der Waals surface area contributed by atoms with Crippen LogP contribution in [-0.4, -0.2) is 31.3 Å². The second kappa shape index (κ2) is 8.91. The highest BCUT2D eigenvalue weighted by molar-refractivity contribution is 7.13. The minimum Gasteiger partial charge on any atom is -0.489 e. The van der Waals surface area contributed by atoms with Gasteiger partial charge in [0.2, 0.25) is 0 Å². The average Bonchev–Trinajstić information content (AvgIpc) is 3.68. The van der Waals surface area contributed by atoms with E-state index in [0.717, 1.165) is 52.0 Å². The van der Waals surface area contributed by atoms with Crippen LogP contribution in [0.15, 0.2) is 72.5 Å². The predicted molar refractivity (Wildman–Crippen MR) is 145 cm³/mol. The van der Waals surface area contributed by atoms with Gasteiger partial charge in [0.1, 0.15) is 5.75 Å². The van der Waals surface area contributed by atoms with Gasteiger partial charge >= 0.3 is 0 Å². The highest BCUT2D eigenvalue weighted by Crippen LogP contribution is 2.36. The maximum Gasteiger partial charge on any atom is 0.181 e. The Labute approximate surface area is 212 Å². The summed E-state index contributed by atoms with van der Waals surface area (Å²) in [6.45, 7) is 0. The van der Waals surface area contributed by atoms with E-state index >= 15 is 0 Å². The van der Waals surface area contributed by atoms with Crippen molar-refractivity contribution in [3.05, 3.63) is 72.5 Å². The fourth-order valence-electron chi connectivity index (χ4n) is 5.22. The van der Waals surface area contributed by atoms with Crippen molar-refractivity contribution >= 4 is 33.3 Å². The molecule has 7 rings (SSSR count). The molecule has 36 heavy (non-hydrogen) atoms. The van der Waals surface area contributed by atoms with Crippen molar-refractivity contribution in [2.45, 2.75) is 38.2 Å². The van der Waals surface area contributed by atoms with E-state index in [-0.39, 0.29) is 6.10 Å². The number of rotatable bonds is 5. The lowest BCUT2D eigenvalue weighted by Crippen LogP contribution is -2.19. The molecule has 6 aromatic rings. The second-order valence-corrected chi connectivity index (χ2v) is 10.4. The Balaban J connectivity index is 1.26. The van der Waals surface area contributed by atoms with E-state index in [9.17, 15) is 0 Å². The van der Waals surface area contributed by atoms with Gasteiger partial charge < -0.3 is 9.72 Å². The number of fused-ring (bicyclic) bond motifs is 2. The zero-order valence-corrected chi connectivity index (χ0v) is 20.5. The van der Waals surface area contributed by atoms with Gasteiger partial charge in [0.05, 0.1) is 23.7 Å². The lowest BCUT2D eigenvalue weighted by Gasteiger charge is -2.23. The van der Waals surface area contributed by atoms with E-state index in [1.807, 2.05) is 18.6 Å². The van der Waals surface area contributed by atoms with Crippen LogP contribution in [0.1, 0.15) is 32.1 Å². The first-order valence-electron chi connectivity index (χ1n) is 12.4. The van der Waals surface area contributed by atoms with Crippen molar-refractivity contribution in [1.82, 2.24) is 25.1 Å². The zero-order chi connectivity index (χ0) is 23.9. The van der Waals surface area contributed by atoms with Gasteiger partial charge in [-0.1, -0.05) is 24.6 Å². The molecule has 1 aliphatic rings. The van der Waals surface area contributed by atoms with E-state index in [2.05, 4.69) is 79.1 Å². The Morgan fingerprint density at radius 2 is 1.81 bits per heavy atom. The average molecular weight is 492 g/mol. The number of nitrogens with zero attached hydrogens (tertiary/aromatic N) is 3. The van der Waals surface area contributed by atoms with E-state index in [1.165, 1.54) is 35.1 Å². The molecule has 0 radical (unpaired) electrons. The molecule has 5 aromatic heterocycles. The molecule has 0 atom stereocenters. The highest BCUT2D eigenvalue weighted by Gasteiger charge is 2.17. The van der Waals surface area contributed by atoms with Crippen molar-refractivity contribution in [1.29, 1.82) is 0 Å². The number of nitrogens with one attached hydrogen (secondary N) is 2. The maximum absolute atomic E-state index is 6.25. The second-order valence-electron chi connectivity index (χ2n) is 9.41. The summed E-state index contributed by atoms with van der Waals surface area (Å²) in [7, 11) is 0. The minimum absolute atomic E-state index is 0.290. The molecule has 7 heteroatoms.